The van der Waals surface area contributed by atoms with E-state index >= 15 is 0 Å². The molecule has 3 aromatic carbocycles. The molecule has 0 bridgehead atoms. The molecule has 3 rings (SSSR count). The summed E-state index contributed by atoms with van der Waals surface area (Å²) < 4.78 is -0.538. The average molecular weight is 407 g/mol. The van der Waals surface area contributed by atoms with Crippen LogP contribution in [0.3, 0.4) is 0 Å². The van der Waals surface area contributed by atoms with Crippen LogP contribution in [0.15, 0.2) is 72.8 Å². The number of aryl methyl sites for hydroxylation is 1. The zero-order chi connectivity index (χ0) is 18.7. The molecule has 0 radical (unpaired) electrons. The van der Waals surface area contributed by atoms with Crippen LogP contribution < -0.4 is 0 Å². The van der Waals surface area contributed by atoms with E-state index in [9.17, 15) is 4.79 Å². The molecule has 0 heterocycles. The lowest BCUT2D eigenvalue weighted by Crippen LogP contribution is -2.23. The van der Waals surface area contributed by atoms with Crippen molar-refractivity contribution in [2.24, 2.45) is 0 Å². The second-order valence-electron chi connectivity index (χ2n) is 7.01. The molecule has 0 aromatic heterocycles. The van der Waals surface area contributed by atoms with Crippen LogP contribution in [0.4, 0.5) is 0 Å². The minimum absolute atomic E-state index is 0.0925. The number of carbonyl (C=O) groups is 1. The number of hydrogen-bond donors (Lipinski definition) is 0. The first-order chi connectivity index (χ1) is 12.4. The van der Waals surface area contributed by atoms with Crippen molar-refractivity contribution in [3.8, 4) is 22.3 Å². The molecule has 0 N–H and O–H groups in total. The molecule has 0 amide bonds. The highest BCUT2D eigenvalue weighted by Crippen LogP contribution is 2.27. The second kappa shape index (κ2) is 7.59. The van der Waals surface area contributed by atoms with E-state index in [1.165, 1.54) is 16.7 Å². The van der Waals surface area contributed by atoms with E-state index in [2.05, 4.69) is 71.4 Å². The Morgan fingerprint density at radius 3 is 1.42 bits per heavy atom. The fraction of sp³-hybridized carbons (Fsp3) is 0.208. The van der Waals surface area contributed by atoms with Gasteiger partial charge in [0.25, 0.3) is 0 Å². The number of halogens is 1. The van der Waals surface area contributed by atoms with Crippen LogP contribution in [-0.4, -0.2) is 10.1 Å². The molecule has 0 unspecified atom stereocenters. The highest BCUT2D eigenvalue weighted by atomic mass is 79.9. The summed E-state index contributed by atoms with van der Waals surface area (Å²) >= 11 is 3.43. The van der Waals surface area contributed by atoms with Gasteiger partial charge in [0.05, 0.1) is 4.32 Å². The minimum Gasteiger partial charge on any atom is -0.293 e. The van der Waals surface area contributed by atoms with Crippen molar-refractivity contribution in [3.63, 3.8) is 0 Å². The lowest BCUT2D eigenvalue weighted by Gasteiger charge is -2.14. The lowest BCUT2D eigenvalue weighted by molar-refractivity contribution is 0.0961. The zero-order valence-corrected chi connectivity index (χ0v) is 17.0. The summed E-state index contributed by atoms with van der Waals surface area (Å²) in [6.07, 6.45) is 1.06. The monoisotopic (exact) mass is 406 g/mol. The van der Waals surface area contributed by atoms with Crippen molar-refractivity contribution in [1.82, 2.24) is 0 Å². The number of ketones is 1. The summed E-state index contributed by atoms with van der Waals surface area (Å²) in [5, 5.41) is 0. The molecule has 1 nitrogen and oxygen atoms in total. The van der Waals surface area contributed by atoms with Crippen LogP contribution >= 0.6 is 15.9 Å². The van der Waals surface area contributed by atoms with E-state index < -0.39 is 4.32 Å². The first-order valence-electron chi connectivity index (χ1n) is 8.92. The van der Waals surface area contributed by atoms with Crippen molar-refractivity contribution in [3.05, 3.63) is 83.9 Å². The van der Waals surface area contributed by atoms with Gasteiger partial charge in [0.1, 0.15) is 0 Å². The van der Waals surface area contributed by atoms with Gasteiger partial charge >= 0.3 is 0 Å². The van der Waals surface area contributed by atoms with E-state index in [0.29, 0.717) is 0 Å². The topological polar surface area (TPSA) is 17.1 Å². The molecule has 26 heavy (non-hydrogen) atoms. The Hall–Kier alpha value is -2.19. The molecule has 0 saturated heterocycles. The molecule has 0 spiro atoms. The largest absolute Gasteiger partial charge is 0.293 e. The molecule has 0 aliphatic carbocycles. The van der Waals surface area contributed by atoms with Gasteiger partial charge in [0.2, 0.25) is 0 Å². The Morgan fingerprint density at radius 2 is 1.08 bits per heavy atom. The summed E-state index contributed by atoms with van der Waals surface area (Å²) in [5.74, 6) is 0.0925. The molecule has 0 atom stereocenters. The van der Waals surface area contributed by atoms with Crippen LogP contribution in [0.1, 0.15) is 36.7 Å². The van der Waals surface area contributed by atoms with Gasteiger partial charge in [-0.1, -0.05) is 95.7 Å². The van der Waals surface area contributed by atoms with Crippen molar-refractivity contribution >= 4 is 21.7 Å². The van der Waals surface area contributed by atoms with Crippen LogP contribution in [0.2, 0.25) is 0 Å². The molecule has 0 fully saturated rings. The van der Waals surface area contributed by atoms with Crippen molar-refractivity contribution in [2.45, 2.75) is 31.5 Å². The van der Waals surface area contributed by atoms with Gasteiger partial charge in [-0.3, -0.25) is 4.79 Å². The summed E-state index contributed by atoms with van der Waals surface area (Å²) in [7, 11) is 0. The summed E-state index contributed by atoms with van der Waals surface area (Å²) in [4.78, 5) is 12.3. The number of rotatable bonds is 5. The van der Waals surface area contributed by atoms with Gasteiger partial charge in [-0.15, -0.1) is 0 Å². The van der Waals surface area contributed by atoms with Crippen LogP contribution in [0.25, 0.3) is 22.3 Å². The smallest absolute Gasteiger partial charge is 0.178 e. The first kappa shape index (κ1) is 18.6. The fourth-order valence-corrected chi connectivity index (χ4v) is 3.17. The molecule has 3 aromatic rings. The van der Waals surface area contributed by atoms with Gasteiger partial charge in [0, 0.05) is 5.56 Å². The third-order valence-corrected chi connectivity index (χ3v) is 4.96. The predicted molar refractivity (Wildman–Crippen MR) is 114 cm³/mol. The second-order valence-corrected chi connectivity index (χ2v) is 8.99. The number of hydrogen-bond acceptors (Lipinski definition) is 1. The third-order valence-electron chi connectivity index (χ3n) is 4.60. The van der Waals surface area contributed by atoms with Crippen molar-refractivity contribution in [2.75, 3.05) is 0 Å². The minimum atomic E-state index is -0.538. The van der Waals surface area contributed by atoms with E-state index in [-0.39, 0.29) is 5.78 Å². The van der Waals surface area contributed by atoms with Gasteiger partial charge in [-0.25, -0.2) is 0 Å². The Bertz CT molecular complexity index is 883. The Morgan fingerprint density at radius 1 is 0.731 bits per heavy atom. The number of Topliss-reactive ketones (excluding diaryl/α,β-unsaturated/α-hetero) is 1. The fourth-order valence-electron chi connectivity index (χ4n) is 2.95. The normalized spacial score (nSPS) is 11.4. The lowest BCUT2D eigenvalue weighted by atomic mass is 9.96. The van der Waals surface area contributed by atoms with Crippen molar-refractivity contribution in [1.29, 1.82) is 0 Å². The average Bonchev–Trinajstić information content (AvgIpc) is 2.67. The van der Waals surface area contributed by atoms with E-state index in [1.807, 2.05) is 38.1 Å². The third kappa shape index (κ3) is 4.13. The van der Waals surface area contributed by atoms with E-state index in [4.69, 9.17) is 0 Å². The Balaban J connectivity index is 1.81. The molecular weight excluding hydrogens is 384 g/mol. The molecule has 0 saturated carbocycles. The standard InChI is InChI=1S/C24H23BrO/c1-4-17-5-7-18(8-6-17)19-9-11-20(12-10-19)21-13-15-22(16-14-21)23(26)24(2,3)25/h5-16H,4H2,1-3H3. The summed E-state index contributed by atoms with van der Waals surface area (Å²) in [6, 6.07) is 25.1. The van der Waals surface area contributed by atoms with E-state index in [0.717, 1.165) is 23.1 Å². The zero-order valence-electron chi connectivity index (χ0n) is 15.4. The molecule has 0 aliphatic heterocycles. The molecule has 0 aliphatic rings. The maximum Gasteiger partial charge on any atom is 0.178 e. The van der Waals surface area contributed by atoms with Gasteiger partial charge in [-0.05, 0) is 48.1 Å². The maximum atomic E-state index is 12.3. The Kier molecular flexibility index (Phi) is 5.43. The van der Waals surface area contributed by atoms with Crippen molar-refractivity contribution < 1.29 is 4.79 Å². The number of carbonyl (C=O) groups excluding carboxylic acids is 1. The highest BCUT2D eigenvalue weighted by molar-refractivity contribution is 9.10. The summed E-state index contributed by atoms with van der Waals surface area (Å²) in [5.41, 5.74) is 6.78. The number of alkyl halides is 1. The highest BCUT2D eigenvalue weighted by Gasteiger charge is 2.24. The predicted octanol–water partition coefficient (Wildman–Crippen LogP) is 6.94. The summed E-state index contributed by atoms with van der Waals surface area (Å²) in [6.45, 7) is 5.91. The van der Waals surface area contributed by atoms with Gasteiger partial charge in [0.15, 0.2) is 5.78 Å². The molecule has 132 valence electrons. The van der Waals surface area contributed by atoms with Crippen LogP contribution in [-0.2, 0) is 6.42 Å². The van der Waals surface area contributed by atoms with Gasteiger partial charge < -0.3 is 0 Å². The number of benzene rings is 3. The Labute approximate surface area is 164 Å². The molecular formula is C24H23BrO. The SMILES string of the molecule is CCc1ccc(-c2ccc(-c3ccc(C(=O)C(C)(C)Br)cc3)cc2)cc1. The molecule has 2 heteroatoms. The quantitative estimate of drug-likeness (QED) is 0.331. The van der Waals surface area contributed by atoms with Gasteiger partial charge in [-0.2, -0.15) is 0 Å². The maximum absolute atomic E-state index is 12.3. The van der Waals surface area contributed by atoms with Crippen LogP contribution in [0.5, 0.6) is 0 Å². The van der Waals surface area contributed by atoms with Crippen LogP contribution in [0, 0.1) is 0 Å². The first-order valence-corrected chi connectivity index (χ1v) is 9.71. The van der Waals surface area contributed by atoms with E-state index in [1.54, 1.807) is 0 Å².